The first-order valence-corrected chi connectivity index (χ1v) is 8.46. The van der Waals surface area contributed by atoms with E-state index in [2.05, 4.69) is 11.5 Å². The molecule has 1 atom stereocenters. The van der Waals surface area contributed by atoms with E-state index in [-0.39, 0.29) is 11.8 Å². The number of carbonyl (C=O) groups is 2. The van der Waals surface area contributed by atoms with Crippen LogP contribution >= 0.6 is 11.3 Å². The number of piperazine rings is 1. The molecule has 1 aromatic rings. The Bertz CT molecular complexity index is 586. The molecule has 0 bridgehead atoms. The maximum atomic E-state index is 12.8. The van der Waals surface area contributed by atoms with Gasteiger partial charge in [0, 0.05) is 45.2 Å². The van der Waals surface area contributed by atoms with Crippen LogP contribution in [0.1, 0.15) is 16.8 Å². The van der Waals surface area contributed by atoms with E-state index in [9.17, 15) is 9.59 Å². The lowest BCUT2D eigenvalue weighted by Gasteiger charge is -2.46. The molecule has 2 amide bonds. The number of likely N-dealkylation sites (tertiary alicyclic amines) is 1. The lowest BCUT2D eigenvalue weighted by Crippen LogP contribution is -2.66. The van der Waals surface area contributed by atoms with Gasteiger partial charge >= 0.3 is 0 Å². The maximum Gasteiger partial charge on any atom is 0.254 e. The van der Waals surface area contributed by atoms with Crippen LogP contribution in [-0.2, 0) is 4.79 Å². The van der Waals surface area contributed by atoms with Gasteiger partial charge in [-0.25, -0.2) is 0 Å². The summed E-state index contributed by atoms with van der Waals surface area (Å²) in [5, 5.41) is 3.77. The first-order chi connectivity index (χ1) is 10.6. The van der Waals surface area contributed by atoms with Crippen molar-refractivity contribution in [1.82, 2.24) is 14.7 Å². The Kier molecular flexibility index (Phi) is 4.06. The number of rotatable bonds is 3. The fourth-order valence-corrected chi connectivity index (χ4v) is 4.10. The number of thiophene rings is 1. The van der Waals surface area contributed by atoms with Gasteiger partial charge in [-0.2, -0.15) is 11.3 Å². The third-order valence-corrected chi connectivity index (χ3v) is 5.39. The van der Waals surface area contributed by atoms with E-state index in [1.807, 2.05) is 34.9 Å². The molecule has 2 fully saturated rings. The molecule has 2 saturated heterocycles. The topological polar surface area (TPSA) is 43.9 Å². The number of likely N-dealkylation sites (N-methyl/N-ethyl adjacent to an activating group) is 1. The Balaban J connectivity index is 1.84. The summed E-state index contributed by atoms with van der Waals surface area (Å²) in [6.07, 6.45) is 2.53. The van der Waals surface area contributed by atoms with Crippen LogP contribution in [0.15, 0.2) is 29.5 Å². The van der Waals surface area contributed by atoms with Crippen molar-refractivity contribution in [3.8, 4) is 0 Å². The summed E-state index contributed by atoms with van der Waals surface area (Å²) in [7, 11) is 1.85. The van der Waals surface area contributed by atoms with Gasteiger partial charge < -0.3 is 9.80 Å². The number of amides is 2. The maximum absolute atomic E-state index is 12.8. The summed E-state index contributed by atoms with van der Waals surface area (Å²) in [4.78, 5) is 31.1. The number of hydrogen-bond acceptors (Lipinski definition) is 4. The fourth-order valence-electron chi connectivity index (χ4n) is 3.47. The molecule has 0 saturated carbocycles. The minimum absolute atomic E-state index is 0.0257. The molecule has 3 rings (SSSR count). The van der Waals surface area contributed by atoms with Crippen LogP contribution < -0.4 is 0 Å². The highest BCUT2D eigenvalue weighted by molar-refractivity contribution is 7.08. The molecule has 3 heterocycles. The molecule has 5 nitrogen and oxygen atoms in total. The van der Waals surface area contributed by atoms with E-state index >= 15 is 0 Å². The van der Waals surface area contributed by atoms with E-state index in [1.165, 1.54) is 11.3 Å². The van der Waals surface area contributed by atoms with E-state index in [0.717, 1.165) is 13.1 Å². The van der Waals surface area contributed by atoms with Crippen LogP contribution in [-0.4, -0.2) is 71.8 Å². The van der Waals surface area contributed by atoms with Crippen LogP contribution in [0.4, 0.5) is 0 Å². The standard InChI is InChI=1S/C16H21N3O2S/c1-3-6-19-9-8-17(2)15(21)16(19)5-7-18(12-16)14(20)13-4-10-22-11-13/h3-4,10-11H,1,5-9,12H2,2H3. The van der Waals surface area contributed by atoms with E-state index in [1.54, 1.807) is 4.90 Å². The van der Waals surface area contributed by atoms with Gasteiger partial charge in [0.25, 0.3) is 5.91 Å². The van der Waals surface area contributed by atoms with Crippen molar-refractivity contribution < 1.29 is 9.59 Å². The molecular formula is C16H21N3O2S. The molecule has 6 heteroatoms. The molecule has 0 aromatic carbocycles. The molecule has 2 aliphatic rings. The minimum Gasteiger partial charge on any atom is -0.343 e. The molecule has 1 aromatic heterocycles. The van der Waals surface area contributed by atoms with Crippen LogP contribution in [0, 0.1) is 0 Å². The Hall–Kier alpha value is -1.66. The second-order valence-corrected chi connectivity index (χ2v) is 6.76. The van der Waals surface area contributed by atoms with Crippen molar-refractivity contribution >= 4 is 23.2 Å². The third kappa shape index (κ3) is 2.36. The SMILES string of the molecule is C=CCN1CCN(C)C(=O)C12CCN(C(=O)c1ccsc1)C2. The van der Waals surface area contributed by atoms with E-state index in [4.69, 9.17) is 0 Å². The molecule has 0 radical (unpaired) electrons. The highest BCUT2D eigenvalue weighted by atomic mass is 32.1. The minimum atomic E-state index is -0.577. The zero-order valence-electron chi connectivity index (χ0n) is 12.8. The van der Waals surface area contributed by atoms with Gasteiger partial charge in [0.15, 0.2) is 0 Å². The summed E-state index contributed by atoms with van der Waals surface area (Å²) < 4.78 is 0. The van der Waals surface area contributed by atoms with Crippen molar-refractivity contribution in [2.45, 2.75) is 12.0 Å². The third-order valence-electron chi connectivity index (χ3n) is 4.71. The molecule has 1 unspecified atom stereocenters. The highest BCUT2D eigenvalue weighted by Crippen LogP contribution is 2.33. The van der Waals surface area contributed by atoms with Gasteiger partial charge in [-0.15, -0.1) is 6.58 Å². The summed E-state index contributed by atoms with van der Waals surface area (Å²) in [6, 6.07) is 1.84. The summed E-state index contributed by atoms with van der Waals surface area (Å²) in [5.74, 6) is 0.152. The summed E-state index contributed by atoms with van der Waals surface area (Å²) in [5.41, 5.74) is 0.140. The van der Waals surface area contributed by atoms with Gasteiger partial charge in [-0.3, -0.25) is 14.5 Å². The van der Waals surface area contributed by atoms with Gasteiger partial charge in [0.1, 0.15) is 5.54 Å². The van der Waals surface area contributed by atoms with Crippen molar-refractivity contribution in [2.75, 3.05) is 39.8 Å². The molecule has 22 heavy (non-hydrogen) atoms. The Morgan fingerprint density at radius 1 is 1.45 bits per heavy atom. The second kappa shape index (κ2) is 5.85. The second-order valence-electron chi connectivity index (χ2n) is 5.98. The number of nitrogens with zero attached hydrogens (tertiary/aromatic N) is 3. The van der Waals surface area contributed by atoms with Crippen molar-refractivity contribution in [3.05, 3.63) is 35.0 Å². The molecular weight excluding hydrogens is 298 g/mol. The first kappa shape index (κ1) is 15.2. The normalized spacial score (nSPS) is 26.0. The zero-order chi connectivity index (χ0) is 15.7. The lowest BCUT2D eigenvalue weighted by molar-refractivity contribution is -0.148. The zero-order valence-corrected chi connectivity index (χ0v) is 13.6. The molecule has 0 aliphatic carbocycles. The molecule has 1 spiro atoms. The monoisotopic (exact) mass is 319 g/mol. The van der Waals surface area contributed by atoms with Crippen molar-refractivity contribution in [2.24, 2.45) is 0 Å². The largest absolute Gasteiger partial charge is 0.343 e. The Labute approximate surface area is 134 Å². The predicted molar refractivity (Wildman–Crippen MR) is 87.0 cm³/mol. The van der Waals surface area contributed by atoms with Crippen LogP contribution in [0.2, 0.25) is 0 Å². The van der Waals surface area contributed by atoms with E-state index < -0.39 is 5.54 Å². The van der Waals surface area contributed by atoms with Crippen molar-refractivity contribution in [3.63, 3.8) is 0 Å². The summed E-state index contributed by atoms with van der Waals surface area (Å²) >= 11 is 1.52. The fraction of sp³-hybridized carbons (Fsp3) is 0.500. The van der Waals surface area contributed by atoms with Crippen LogP contribution in [0.5, 0.6) is 0 Å². The van der Waals surface area contributed by atoms with Gasteiger partial charge in [-0.1, -0.05) is 6.08 Å². The smallest absolute Gasteiger partial charge is 0.254 e. The number of hydrogen-bond donors (Lipinski definition) is 0. The van der Waals surface area contributed by atoms with Gasteiger partial charge in [0.2, 0.25) is 5.91 Å². The van der Waals surface area contributed by atoms with Crippen molar-refractivity contribution in [1.29, 1.82) is 0 Å². The first-order valence-electron chi connectivity index (χ1n) is 7.51. The quantitative estimate of drug-likeness (QED) is 0.789. The van der Waals surface area contributed by atoms with Crippen LogP contribution in [0.3, 0.4) is 0 Å². The van der Waals surface area contributed by atoms with Gasteiger partial charge in [-0.05, 0) is 17.9 Å². The van der Waals surface area contributed by atoms with E-state index in [0.29, 0.717) is 31.6 Å². The predicted octanol–water partition coefficient (Wildman–Crippen LogP) is 1.29. The average Bonchev–Trinajstić information content (AvgIpc) is 3.18. The Morgan fingerprint density at radius 3 is 2.95 bits per heavy atom. The molecule has 0 N–H and O–H groups in total. The Morgan fingerprint density at radius 2 is 2.27 bits per heavy atom. The summed E-state index contributed by atoms with van der Waals surface area (Å²) in [6.45, 7) is 7.14. The number of carbonyl (C=O) groups excluding carboxylic acids is 2. The lowest BCUT2D eigenvalue weighted by atomic mass is 9.91. The van der Waals surface area contributed by atoms with Gasteiger partial charge in [0.05, 0.1) is 5.56 Å². The van der Waals surface area contributed by atoms with Crippen LogP contribution in [0.25, 0.3) is 0 Å². The molecule has 118 valence electrons. The average molecular weight is 319 g/mol. The molecule has 2 aliphatic heterocycles. The highest BCUT2D eigenvalue weighted by Gasteiger charge is 2.53.